The third-order valence-electron chi connectivity index (χ3n) is 3.63. The fraction of sp³-hybridized carbons (Fsp3) is 0.200. The number of carbonyl (C=O) groups is 1. The molecule has 1 rings (SSSR count). The smallest absolute Gasteiger partial charge is 0.203 e. The summed E-state index contributed by atoms with van der Waals surface area (Å²) in [7, 11) is 3.55. The van der Waals surface area contributed by atoms with Gasteiger partial charge in [-0.2, -0.15) is 0 Å². The molecule has 0 saturated carbocycles. The summed E-state index contributed by atoms with van der Waals surface area (Å²) in [6.45, 7) is 10.0. The summed E-state index contributed by atoms with van der Waals surface area (Å²) in [5.41, 5.74) is 3.09. The van der Waals surface area contributed by atoms with E-state index in [0.29, 0.717) is 29.5 Å². The molecule has 0 spiro atoms. The monoisotopic (exact) mass is 372 g/mol. The Hall–Kier alpha value is -2.79. The van der Waals surface area contributed by atoms with Gasteiger partial charge in [-0.25, -0.2) is 4.99 Å². The van der Waals surface area contributed by atoms with Crippen molar-refractivity contribution in [2.24, 2.45) is 4.99 Å². The zero-order valence-electron chi connectivity index (χ0n) is 15.4. The van der Waals surface area contributed by atoms with Gasteiger partial charge in [0.1, 0.15) is 0 Å². The van der Waals surface area contributed by atoms with Crippen LogP contribution < -0.4 is 10.6 Å². The highest BCUT2D eigenvalue weighted by Crippen LogP contribution is 2.23. The first kappa shape index (κ1) is 21.3. The lowest BCUT2D eigenvalue weighted by molar-refractivity contribution is -0.105. The molecule has 0 aliphatic carbocycles. The van der Waals surface area contributed by atoms with Gasteiger partial charge >= 0.3 is 0 Å². The number of nitrogens with one attached hydrogen (secondary N) is 2. The van der Waals surface area contributed by atoms with Crippen molar-refractivity contribution in [3.8, 4) is 0 Å². The quantitative estimate of drug-likeness (QED) is 0.239. The summed E-state index contributed by atoms with van der Waals surface area (Å²) >= 11 is 6.20. The fourth-order valence-electron chi connectivity index (χ4n) is 2.06. The maximum atomic E-state index is 11.0. The Balaban J connectivity index is 3.22. The highest BCUT2D eigenvalue weighted by atomic mass is 35.5. The van der Waals surface area contributed by atoms with E-state index in [1.165, 1.54) is 6.20 Å². The second-order valence-electron chi connectivity index (χ2n) is 5.48. The zero-order valence-corrected chi connectivity index (χ0v) is 16.2. The Morgan fingerprint density at radius 3 is 2.69 bits per heavy atom. The molecule has 6 heteroatoms. The highest BCUT2D eigenvalue weighted by Gasteiger charge is 2.10. The average molecular weight is 373 g/mol. The van der Waals surface area contributed by atoms with Crippen LogP contribution in [0.25, 0.3) is 0 Å². The van der Waals surface area contributed by atoms with Crippen molar-refractivity contribution >= 4 is 29.5 Å². The minimum Gasteiger partial charge on any atom is -0.384 e. The van der Waals surface area contributed by atoms with Gasteiger partial charge < -0.3 is 15.5 Å². The fourth-order valence-corrected chi connectivity index (χ4v) is 2.23. The molecule has 0 heterocycles. The van der Waals surface area contributed by atoms with Crippen molar-refractivity contribution < 1.29 is 4.79 Å². The molecular weight excluding hydrogens is 348 g/mol. The van der Waals surface area contributed by atoms with Crippen LogP contribution >= 0.6 is 11.6 Å². The van der Waals surface area contributed by atoms with Gasteiger partial charge in [0.25, 0.3) is 0 Å². The number of benzene rings is 1. The summed E-state index contributed by atoms with van der Waals surface area (Å²) in [6.07, 6.45) is 7.53. The number of guanidine groups is 1. The second kappa shape index (κ2) is 10.9. The van der Waals surface area contributed by atoms with E-state index in [4.69, 9.17) is 11.6 Å². The van der Waals surface area contributed by atoms with Gasteiger partial charge in [-0.1, -0.05) is 49.1 Å². The van der Waals surface area contributed by atoms with Crippen molar-refractivity contribution in [2.75, 3.05) is 26.0 Å². The molecule has 0 radical (unpaired) electrons. The molecule has 0 fully saturated rings. The van der Waals surface area contributed by atoms with Gasteiger partial charge in [0.05, 0.1) is 11.9 Å². The lowest BCUT2D eigenvalue weighted by Gasteiger charge is -2.23. The molecule has 26 heavy (non-hydrogen) atoms. The Kier molecular flexibility index (Phi) is 8.95. The van der Waals surface area contributed by atoms with Crippen molar-refractivity contribution in [3.63, 3.8) is 0 Å². The molecular formula is C20H25ClN4O. The van der Waals surface area contributed by atoms with Crippen molar-refractivity contribution in [1.82, 2.24) is 10.2 Å². The minimum absolute atomic E-state index is 0.367. The number of rotatable bonds is 8. The number of aldehydes is 1. The van der Waals surface area contributed by atoms with E-state index in [-0.39, 0.29) is 0 Å². The molecule has 5 nitrogen and oxygen atoms in total. The predicted octanol–water partition coefficient (Wildman–Crippen LogP) is 3.91. The first-order chi connectivity index (χ1) is 12.5. The maximum absolute atomic E-state index is 11.0. The molecule has 0 aromatic heterocycles. The minimum atomic E-state index is 0.367. The van der Waals surface area contributed by atoms with Crippen LogP contribution in [0.1, 0.15) is 5.56 Å². The van der Waals surface area contributed by atoms with Crippen molar-refractivity contribution in [3.05, 3.63) is 77.6 Å². The van der Waals surface area contributed by atoms with Gasteiger partial charge in [0.2, 0.25) is 5.96 Å². The van der Waals surface area contributed by atoms with Crippen LogP contribution in [0, 0.1) is 6.92 Å². The third-order valence-corrected chi connectivity index (χ3v) is 4.04. The molecule has 0 bridgehead atoms. The lowest BCUT2D eigenvalue weighted by atomic mass is 10.2. The van der Waals surface area contributed by atoms with E-state index >= 15 is 0 Å². The molecule has 0 atom stereocenters. The molecule has 1 aromatic rings. The number of likely N-dealkylation sites (N-methyl/N-ethyl adjacent to an activating group) is 2. The van der Waals surface area contributed by atoms with Crippen molar-refractivity contribution in [2.45, 2.75) is 6.92 Å². The van der Waals surface area contributed by atoms with Crippen LogP contribution in [0.4, 0.5) is 5.69 Å². The van der Waals surface area contributed by atoms with Crippen LogP contribution in [-0.4, -0.2) is 37.8 Å². The van der Waals surface area contributed by atoms with E-state index in [1.807, 2.05) is 43.1 Å². The van der Waals surface area contributed by atoms with Gasteiger partial charge in [-0.3, -0.25) is 4.79 Å². The molecule has 0 aliphatic heterocycles. The summed E-state index contributed by atoms with van der Waals surface area (Å²) in [5, 5.41) is 6.72. The zero-order chi connectivity index (χ0) is 19.5. The lowest BCUT2D eigenvalue weighted by Crippen LogP contribution is -2.34. The van der Waals surface area contributed by atoms with Crippen LogP contribution in [0.2, 0.25) is 5.02 Å². The average Bonchev–Trinajstić information content (AvgIpc) is 2.64. The molecule has 0 aliphatic rings. The number of hydrogen-bond acceptors (Lipinski definition) is 3. The Morgan fingerprint density at radius 1 is 1.38 bits per heavy atom. The normalized spacial score (nSPS) is 12.4. The molecule has 0 saturated heterocycles. The van der Waals surface area contributed by atoms with Gasteiger partial charge in [0, 0.05) is 31.4 Å². The summed E-state index contributed by atoms with van der Waals surface area (Å²) in [4.78, 5) is 17.3. The summed E-state index contributed by atoms with van der Waals surface area (Å²) in [6, 6.07) is 5.61. The van der Waals surface area contributed by atoms with Crippen LogP contribution in [0.3, 0.4) is 0 Å². The third kappa shape index (κ3) is 6.26. The van der Waals surface area contributed by atoms with E-state index in [0.717, 1.165) is 16.8 Å². The number of allylic oxidation sites excluding steroid dienone is 3. The van der Waals surface area contributed by atoms with E-state index in [9.17, 15) is 4.79 Å². The number of halogens is 1. The summed E-state index contributed by atoms with van der Waals surface area (Å²) < 4.78 is 0. The molecule has 2 N–H and O–H groups in total. The topological polar surface area (TPSA) is 56.7 Å². The van der Waals surface area contributed by atoms with Crippen molar-refractivity contribution in [1.29, 1.82) is 0 Å². The first-order valence-corrected chi connectivity index (χ1v) is 8.42. The SMILES string of the molecule is C=C/C=C(\C=C)CN(C)C(=N/C=C(\C=O)NC)Nc1cccc(Cl)c1C. The number of nitrogens with zero attached hydrogens (tertiary/aromatic N) is 2. The molecule has 138 valence electrons. The summed E-state index contributed by atoms with van der Waals surface area (Å²) in [5.74, 6) is 0.557. The number of aliphatic imine (C=N–C) groups is 1. The van der Waals surface area contributed by atoms with Crippen LogP contribution in [0.5, 0.6) is 0 Å². The Bertz CT molecular complexity index is 750. The van der Waals surface area contributed by atoms with E-state index in [2.05, 4.69) is 28.8 Å². The molecule has 1 aromatic carbocycles. The van der Waals surface area contributed by atoms with Gasteiger partial charge in [-0.15, -0.1) is 0 Å². The largest absolute Gasteiger partial charge is 0.384 e. The van der Waals surface area contributed by atoms with Gasteiger partial charge in [0.15, 0.2) is 6.29 Å². The van der Waals surface area contributed by atoms with E-state index in [1.54, 1.807) is 19.2 Å². The number of anilines is 1. The van der Waals surface area contributed by atoms with E-state index < -0.39 is 0 Å². The predicted molar refractivity (Wildman–Crippen MR) is 112 cm³/mol. The van der Waals surface area contributed by atoms with Crippen LogP contribution in [-0.2, 0) is 4.79 Å². The number of carbonyl (C=O) groups excluding carboxylic acids is 1. The Morgan fingerprint density at radius 2 is 2.12 bits per heavy atom. The Labute approximate surface area is 160 Å². The highest BCUT2D eigenvalue weighted by molar-refractivity contribution is 6.31. The molecule has 0 unspecified atom stereocenters. The second-order valence-corrected chi connectivity index (χ2v) is 5.89. The first-order valence-electron chi connectivity index (χ1n) is 8.05. The van der Waals surface area contributed by atoms with Gasteiger partial charge in [-0.05, 0) is 30.2 Å². The number of hydrogen-bond donors (Lipinski definition) is 2. The maximum Gasteiger partial charge on any atom is 0.203 e. The molecule has 0 amide bonds. The standard InChI is InChI=1S/C20H25ClN4O/c1-6-9-16(7-2)13-25(5)20(23-12-17(14-26)22-4)24-19-11-8-10-18(21)15(19)3/h6-12,14,22H,1-2,13H2,3-5H3,(H,23,24)/b16-9+,17-12+. The van der Waals surface area contributed by atoms with Crippen LogP contribution in [0.15, 0.2) is 72.0 Å².